The first-order valence-electron chi connectivity index (χ1n) is 9.04. The van der Waals surface area contributed by atoms with Gasteiger partial charge in [-0.15, -0.1) is 0 Å². The minimum Gasteiger partial charge on any atom is -0.303 e. The molecule has 142 valence electrons. The van der Waals surface area contributed by atoms with Crippen LogP contribution in [-0.2, 0) is 6.54 Å². The average molecular weight is 392 g/mol. The van der Waals surface area contributed by atoms with Crippen LogP contribution in [0.4, 0.5) is 8.78 Å². The second-order valence-electron chi connectivity index (χ2n) is 6.94. The summed E-state index contributed by atoms with van der Waals surface area (Å²) < 4.78 is 28.3. The van der Waals surface area contributed by atoms with E-state index in [2.05, 4.69) is 20.0 Å². The SMILES string of the molecule is FC1(F)CCN(CCCn2cc(-c3cnc4ccc(Cl)nc4c3)cn2)CC1. The maximum atomic E-state index is 13.2. The molecule has 0 N–H and O–H groups in total. The Morgan fingerprint density at radius 3 is 2.67 bits per heavy atom. The van der Waals surface area contributed by atoms with E-state index in [1.807, 2.05) is 23.0 Å². The van der Waals surface area contributed by atoms with E-state index < -0.39 is 5.92 Å². The molecule has 3 aromatic rings. The molecule has 1 saturated heterocycles. The molecule has 0 amide bonds. The minimum atomic E-state index is -2.49. The van der Waals surface area contributed by atoms with Crippen molar-refractivity contribution in [3.05, 3.63) is 41.9 Å². The van der Waals surface area contributed by atoms with Gasteiger partial charge in [0.2, 0.25) is 0 Å². The molecule has 0 unspecified atom stereocenters. The van der Waals surface area contributed by atoms with Crippen molar-refractivity contribution < 1.29 is 8.78 Å². The van der Waals surface area contributed by atoms with Crippen LogP contribution in [0.3, 0.4) is 0 Å². The van der Waals surface area contributed by atoms with Gasteiger partial charge in [-0.3, -0.25) is 9.67 Å². The highest BCUT2D eigenvalue weighted by atomic mass is 35.5. The van der Waals surface area contributed by atoms with Gasteiger partial charge in [0.05, 0.1) is 17.2 Å². The van der Waals surface area contributed by atoms with Gasteiger partial charge in [0.25, 0.3) is 5.92 Å². The number of halogens is 3. The summed E-state index contributed by atoms with van der Waals surface area (Å²) in [4.78, 5) is 10.8. The summed E-state index contributed by atoms with van der Waals surface area (Å²) in [5.41, 5.74) is 3.43. The quantitative estimate of drug-likeness (QED) is 0.609. The molecule has 1 fully saturated rings. The number of nitrogens with zero attached hydrogens (tertiary/aromatic N) is 5. The summed E-state index contributed by atoms with van der Waals surface area (Å²) in [5, 5.41) is 4.84. The second-order valence-corrected chi connectivity index (χ2v) is 7.33. The zero-order valence-electron chi connectivity index (χ0n) is 14.8. The lowest BCUT2D eigenvalue weighted by Crippen LogP contribution is -2.39. The Hall–Kier alpha value is -2.12. The number of likely N-dealkylation sites (tertiary alicyclic amines) is 1. The molecule has 1 aliphatic heterocycles. The van der Waals surface area contributed by atoms with E-state index in [0.29, 0.717) is 18.2 Å². The Morgan fingerprint density at radius 1 is 1.04 bits per heavy atom. The van der Waals surface area contributed by atoms with Crippen LogP contribution in [0.25, 0.3) is 22.2 Å². The Labute approximate surface area is 161 Å². The molecule has 0 radical (unpaired) electrons. The molecule has 8 heteroatoms. The highest BCUT2D eigenvalue weighted by Crippen LogP contribution is 2.27. The van der Waals surface area contributed by atoms with Crippen LogP contribution in [0.15, 0.2) is 36.8 Å². The van der Waals surface area contributed by atoms with Crippen molar-refractivity contribution in [2.75, 3.05) is 19.6 Å². The molecule has 0 spiro atoms. The van der Waals surface area contributed by atoms with Gasteiger partial charge in [-0.05, 0) is 31.2 Å². The average Bonchev–Trinajstić information content (AvgIpc) is 3.11. The van der Waals surface area contributed by atoms with Crippen LogP contribution in [0.2, 0.25) is 5.15 Å². The lowest BCUT2D eigenvalue weighted by Gasteiger charge is -2.31. The first-order chi connectivity index (χ1) is 13.0. The largest absolute Gasteiger partial charge is 0.303 e. The molecular weight excluding hydrogens is 372 g/mol. The van der Waals surface area contributed by atoms with Crippen molar-refractivity contribution in [3.8, 4) is 11.1 Å². The molecule has 0 aromatic carbocycles. The standard InChI is InChI=1S/C19H20ClF2N5/c20-18-3-2-16-17(25-18)10-14(11-23-16)15-12-24-27(13-15)7-1-6-26-8-4-19(21,22)5-9-26/h2-3,10-13H,1,4-9H2. The maximum Gasteiger partial charge on any atom is 0.250 e. The van der Waals surface area contributed by atoms with Crippen molar-refractivity contribution in [2.45, 2.75) is 31.7 Å². The Balaban J connectivity index is 1.36. The molecule has 4 heterocycles. The third kappa shape index (κ3) is 4.42. The van der Waals surface area contributed by atoms with Crippen molar-refractivity contribution in [1.82, 2.24) is 24.6 Å². The molecule has 5 nitrogen and oxygen atoms in total. The normalized spacial score (nSPS) is 17.4. The number of alkyl halides is 2. The summed E-state index contributed by atoms with van der Waals surface area (Å²) in [7, 11) is 0. The van der Waals surface area contributed by atoms with Gasteiger partial charge in [-0.1, -0.05) is 11.6 Å². The summed E-state index contributed by atoms with van der Waals surface area (Å²) >= 11 is 5.96. The number of pyridine rings is 2. The van der Waals surface area contributed by atoms with Crippen LogP contribution in [0, 0.1) is 0 Å². The monoisotopic (exact) mass is 391 g/mol. The zero-order chi connectivity index (χ0) is 18.9. The molecular formula is C19H20ClF2N5. The summed E-state index contributed by atoms with van der Waals surface area (Å²) in [6.45, 7) is 2.49. The van der Waals surface area contributed by atoms with Gasteiger partial charge < -0.3 is 4.90 Å². The predicted octanol–water partition coefficient (Wildman–Crippen LogP) is 4.27. The number of hydrogen-bond acceptors (Lipinski definition) is 4. The fourth-order valence-electron chi connectivity index (χ4n) is 3.33. The van der Waals surface area contributed by atoms with E-state index in [1.165, 1.54) is 0 Å². The number of rotatable bonds is 5. The zero-order valence-corrected chi connectivity index (χ0v) is 15.5. The Bertz CT molecular complexity index is 933. The van der Waals surface area contributed by atoms with Crippen molar-refractivity contribution in [1.29, 1.82) is 0 Å². The second kappa shape index (κ2) is 7.48. The predicted molar refractivity (Wildman–Crippen MR) is 101 cm³/mol. The smallest absolute Gasteiger partial charge is 0.250 e. The first kappa shape index (κ1) is 18.3. The third-order valence-corrected chi connectivity index (χ3v) is 5.13. The van der Waals surface area contributed by atoms with E-state index in [1.54, 1.807) is 18.5 Å². The van der Waals surface area contributed by atoms with Crippen LogP contribution in [0.1, 0.15) is 19.3 Å². The number of hydrogen-bond donors (Lipinski definition) is 0. The van der Waals surface area contributed by atoms with Crippen LogP contribution in [-0.4, -0.2) is 50.2 Å². The molecule has 1 aliphatic rings. The lowest BCUT2D eigenvalue weighted by atomic mass is 10.1. The number of aromatic nitrogens is 4. The van der Waals surface area contributed by atoms with Crippen molar-refractivity contribution in [3.63, 3.8) is 0 Å². The molecule has 0 atom stereocenters. The summed E-state index contributed by atoms with van der Waals surface area (Å²) in [5.74, 6) is -2.49. The van der Waals surface area contributed by atoms with E-state index in [-0.39, 0.29) is 12.8 Å². The number of aryl methyl sites for hydroxylation is 1. The number of piperidine rings is 1. The van der Waals surface area contributed by atoms with Gasteiger partial charge in [-0.25, -0.2) is 13.8 Å². The van der Waals surface area contributed by atoms with E-state index in [4.69, 9.17) is 11.6 Å². The van der Waals surface area contributed by atoms with Crippen LogP contribution in [0.5, 0.6) is 0 Å². The van der Waals surface area contributed by atoms with Gasteiger partial charge in [-0.2, -0.15) is 5.10 Å². The van der Waals surface area contributed by atoms with Crippen molar-refractivity contribution in [2.24, 2.45) is 0 Å². The molecule has 0 aliphatic carbocycles. The minimum absolute atomic E-state index is 0.0358. The Morgan fingerprint density at radius 2 is 1.85 bits per heavy atom. The van der Waals surface area contributed by atoms with Gasteiger partial charge in [0, 0.05) is 56.0 Å². The van der Waals surface area contributed by atoms with E-state index in [9.17, 15) is 8.78 Å². The van der Waals surface area contributed by atoms with E-state index in [0.717, 1.165) is 41.7 Å². The highest BCUT2D eigenvalue weighted by Gasteiger charge is 2.33. The van der Waals surface area contributed by atoms with Gasteiger partial charge >= 0.3 is 0 Å². The van der Waals surface area contributed by atoms with E-state index >= 15 is 0 Å². The molecule has 3 aromatic heterocycles. The highest BCUT2D eigenvalue weighted by molar-refractivity contribution is 6.29. The molecule has 27 heavy (non-hydrogen) atoms. The topological polar surface area (TPSA) is 46.8 Å². The lowest BCUT2D eigenvalue weighted by molar-refractivity contribution is -0.0553. The van der Waals surface area contributed by atoms with Gasteiger partial charge in [0.15, 0.2) is 0 Å². The molecule has 0 saturated carbocycles. The maximum absolute atomic E-state index is 13.2. The number of fused-ring (bicyclic) bond motifs is 1. The summed E-state index contributed by atoms with van der Waals surface area (Å²) in [6, 6.07) is 5.51. The molecule has 0 bridgehead atoms. The first-order valence-corrected chi connectivity index (χ1v) is 9.42. The van der Waals surface area contributed by atoms with Gasteiger partial charge in [0.1, 0.15) is 5.15 Å². The fraction of sp³-hybridized carbons (Fsp3) is 0.421. The van der Waals surface area contributed by atoms with Crippen LogP contribution < -0.4 is 0 Å². The molecule has 4 rings (SSSR count). The third-order valence-electron chi connectivity index (χ3n) is 4.92. The van der Waals surface area contributed by atoms with Crippen molar-refractivity contribution >= 4 is 22.6 Å². The fourth-order valence-corrected chi connectivity index (χ4v) is 3.49. The Kier molecular flexibility index (Phi) is 5.06. The van der Waals surface area contributed by atoms with Crippen LogP contribution >= 0.6 is 11.6 Å². The summed E-state index contributed by atoms with van der Waals surface area (Å²) in [6.07, 6.45) is 6.37.